The molecule has 0 saturated heterocycles. The number of carbonyl (C=O) groups is 2. The molecule has 30 heavy (non-hydrogen) atoms. The summed E-state index contributed by atoms with van der Waals surface area (Å²) in [4.78, 5) is 32.7. The third-order valence-electron chi connectivity index (χ3n) is 5.08. The van der Waals surface area contributed by atoms with Crippen molar-refractivity contribution in [1.82, 2.24) is 19.9 Å². The van der Waals surface area contributed by atoms with E-state index < -0.39 is 11.9 Å². The average Bonchev–Trinajstić information content (AvgIpc) is 3.47. The minimum Gasteiger partial charge on any atom is -0.351 e. The van der Waals surface area contributed by atoms with E-state index in [0.29, 0.717) is 16.4 Å². The first-order chi connectivity index (χ1) is 14.6. The minimum absolute atomic E-state index is 0.104. The van der Waals surface area contributed by atoms with E-state index in [2.05, 4.69) is 19.9 Å². The van der Waals surface area contributed by atoms with Gasteiger partial charge in [0.15, 0.2) is 11.7 Å². The minimum atomic E-state index is -0.956. The summed E-state index contributed by atoms with van der Waals surface area (Å²) < 4.78 is 3.80. The first-order valence-corrected chi connectivity index (χ1v) is 10.9. The molecule has 0 radical (unpaired) electrons. The average molecular weight is 442 g/mol. The topological polar surface area (TPSA) is 88.1 Å². The lowest BCUT2D eigenvalue weighted by Crippen LogP contribution is -2.46. The van der Waals surface area contributed by atoms with Crippen LogP contribution in [-0.4, -0.2) is 32.4 Å². The lowest BCUT2D eigenvalue weighted by atomic mass is 10.1. The zero-order valence-electron chi connectivity index (χ0n) is 16.1. The Morgan fingerprint density at radius 2 is 1.90 bits per heavy atom. The number of hydrogen-bond acceptors (Lipinski definition) is 6. The fourth-order valence-electron chi connectivity index (χ4n) is 3.64. The number of amides is 2. The van der Waals surface area contributed by atoms with E-state index in [0.717, 1.165) is 37.2 Å². The second-order valence-electron chi connectivity index (χ2n) is 7.09. The SMILES string of the molecule is O=C(NC1CCCC1)C(c1ccccn1)N(C(=O)c1csnn1)c1ccc(Cl)cc1. The van der Waals surface area contributed by atoms with Gasteiger partial charge >= 0.3 is 0 Å². The van der Waals surface area contributed by atoms with Crippen molar-refractivity contribution in [3.63, 3.8) is 0 Å². The van der Waals surface area contributed by atoms with Gasteiger partial charge in [0.2, 0.25) is 5.91 Å². The maximum atomic E-state index is 13.5. The van der Waals surface area contributed by atoms with Crippen molar-refractivity contribution in [2.45, 2.75) is 37.8 Å². The van der Waals surface area contributed by atoms with Gasteiger partial charge in [0, 0.05) is 28.3 Å². The molecule has 2 heterocycles. The Morgan fingerprint density at radius 3 is 2.53 bits per heavy atom. The van der Waals surface area contributed by atoms with Gasteiger partial charge in [-0.15, -0.1) is 5.10 Å². The number of anilines is 1. The van der Waals surface area contributed by atoms with E-state index >= 15 is 0 Å². The van der Waals surface area contributed by atoms with E-state index in [1.807, 2.05) is 0 Å². The number of aromatic nitrogens is 3. The molecule has 1 unspecified atom stereocenters. The molecule has 0 aliphatic heterocycles. The van der Waals surface area contributed by atoms with Gasteiger partial charge in [-0.2, -0.15) is 0 Å². The largest absolute Gasteiger partial charge is 0.351 e. The van der Waals surface area contributed by atoms with E-state index in [1.165, 1.54) is 4.90 Å². The van der Waals surface area contributed by atoms with Crippen molar-refractivity contribution in [2.75, 3.05) is 4.90 Å². The fourth-order valence-corrected chi connectivity index (χ4v) is 4.19. The van der Waals surface area contributed by atoms with Crippen LogP contribution in [-0.2, 0) is 4.79 Å². The van der Waals surface area contributed by atoms with Gasteiger partial charge in [0.25, 0.3) is 5.91 Å². The van der Waals surface area contributed by atoms with Gasteiger partial charge in [0.1, 0.15) is 0 Å². The summed E-state index contributed by atoms with van der Waals surface area (Å²) >= 11 is 7.13. The molecule has 1 fully saturated rings. The van der Waals surface area contributed by atoms with Gasteiger partial charge in [0.05, 0.1) is 5.69 Å². The fraction of sp³-hybridized carbons (Fsp3) is 0.286. The normalized spacial score (nSPS) is 15.0. The molecule has 1 aliphatic rings. The predicted octanol–water partition coefficient (Wildman–Crippen LogP) is 4.03. The van der Waals surface area contributed by atoms with Crippen LogP contribution in [0.15, 0.2) is 54.0 Å². The zero-order chi connectivity index (χ0) is 20.9. The van der Waals surface area contributed by atoms with Gasteiger partial charge in [-0.25, -0.2) is 0 Å². The van der Waals surface area contributed by atoms with Gasteiger partial charge in [-0.1, -0.05) is 35.0 Å². The third-order valence-corrected chi connectivity index (χ3v) is 5.84. The molecule has 7 nitrogen and oxygen atoms in total. The first-order valence-electron chi connectivity index (χ1n) is 9.71. The van der Waals surface area contributed by atoms with Crippen LogP contribution in [0.1, 0.15) is 47.9 Å². The first kappa shape index (κ1) is 20.4. The third kappa shape index (κ3) is 4.49. The summed E-state index contributed by atoms with van der Waals surface area (Å²) in [5.41, 5.74) is 1.17. The van der Waals surface area contributed by atoms with Crippen LogP contribution in [0.25, 0.3) is 0 Å². The highest BCUT2D eigenvalue weighted by molar-refractivity contribution is 7.03. The van der Waals surface area contributed by atoms with Crippen molar-refractivity contribution >= 4 is 40.6 Å². The smallest absolute Gasteiger partial charge is 0.280 e. The number of nitrogens with one attached hydrogen (secondary N) is 1. The van der Waals surface area contributed by atoms with Gasteiger partial charge < -0.3 is 5.32 Å². The number of nitrogens with zero attached hydrogens (tertiary/aromatic N) is 4. The van der Waals surface area contributed by atoms with Crippen molar-refractivity contribution in [1.29, 1.82) is 0 Å². The number of carbonyl (C=O) groups excluding carboxylic acids is 2. The second-order valence-corrected chi connectivity index (χ2v) is 8.14. The molecule has 0 spiro atoms. The summed E-state index contributed by atoms with van der Waals surface area (Å²) in [6, 6.07) is 11.2. The molecule has 1 saturated carbocycles. The molecule has 1 aromatic carbocycles. The molecule has 3 aromatic rings. The quantitative estimate of drug-likeness (QED) is 0.623. The Bertz CT molecular complexity index is 992. The molecular formula is C21H20ClN5O2S. The Morgan fingerprint density at radius 1 is 1.13 bits per heavy atom. The molecule has 1 N–H and O–H groups in total. The second kappa shape index (κ2) is 9.32. The van der Waals surface area contributed by atoms with Crippen LogP contribution in [0.5, 0.6) is 0 Å². The lowest BCUT2D eigenvalue weighted by molar-refractivity contribution is -0.123. The maximum absolute atomic E-state index is 13.5. The van der Waals surface area contributed by atoms with Crippen LogP contribution < -0.4 is 10.2 Å². The highest BCUT2D eigenvalue weighted by Gasteiger charge is 2.36. The summed E-state index contributed by atoms with van der Waals surface area (Å²) in [5.74, 6) is -0.699. The van der Waals surface area contributed by atoms with E-state index in [9.17, 15) is 9.59 Å². The molecule has 0 bridgehead atoms. The standard InChI is InChI=1S/C21H20ClN5O2S/c22-14-8-10-16(11-9-14)27(21(29)18-13-30-26-25-18)19(17-7-3-4-12-23-17)20(28)24-15-5-1-2-6-15/h3-4,7-13,15,19H,1-2,5-6H2,(H,24,28). The lowest BCUT2D eigenvalue weighted by Gasteiger charge is -2.31. The predicted molar refractivity (Wildman–Crippen MR) is 116 cm³/mol. The summed E-state index contributed by atoms with van der Waals surface area (Å²) in [7, 11) is 0. The van der Waals surface area contributed by atoms with Crippen LogP contribution >= 0.6 is 23.1 Å². The van der Waals surface area contributed by atoms with Crippen molar-refractivity contribution in [3.05, 3.63) is 70.5 Å². The molecular weight excluding hydrogens is 422 g/mol. The molecule has 154 valence electrons. The van der Waals surface area contributed by atoms with E-state index in [1.54, 1.807) is 54.0 Å². The maximum Gasteiger partial charge on any atom is 0.280 e. The molecule has 2 aromatic heterocycles. The molecule has 9 heteroatoms. The number of hydrogen-bond donors (Lipinski definition) is 1. The Balaban J connectivity index is 1.78. The summed E-state index contributed by atoms with van der Waals surface area (Å²) in [5, 5.41) is 9.12. The highest BCUT2D eigenvalue weighted by Crippen LogP contribution is 2.30. The molecule has 1 aliphatic carbocycles. The summed E-state index contributed by atoms with van der Waals surface area (Å²) in [6.07, 6.45) is 5.66. The van der Waals surface area contributed by atoms with E-state index in [-0.39, 0.29) is 17.6 Å². The highest BCUT2D eigenvalue weighted by atomic mass is 35.5. The number of halogens is 1. The van der Waals surface area contributed by atoms with Crippen LogP contribution in [0.2, 0.25) is 5.02 Å². The molecule has 1 atom stereocenters. The Labute approximate surface area is 183 Å². The van der Waals surface area contributed by atoms with Crippen LogP contribution in [0.4, 0.5) is 5.69 Å². The van der Waals surface area contributed by atoms with Crippen molar-refractivity contribution < 1.29 is 9.59 Å². The number of rotatable bonds is 6. The van der Waals surface area contributed by atoms with Crippen LogP contribution in [0.3, 0.4) is 0 Å². The number of pyridine rings is 1. The molecule has 4 rings (SSSR count). The van der Waals surface area contributed by atoms with Crippen LogP contribution in [0, 0.1) is 0 Å². The molecule has 2 amide bonds. The van der Waals surface area contributed by atoms with E-state index in [4.69, 9.17) is 11.6 Å². The Kier molecular flexibility index (Phi) is 6.35. The zero-order valence-corrected chi connectivity index (χ0v) is 17.6. The monoisotopic (exact) mass is 441 g/mol. The van der Waals surface area contributed by atoms with Gasteiger partial charge in [-0.3, -0.25) is 19.5 Å². The van der Waals surface area contributed by atoms with Crippen molar-refractivity contribution in [2.24, 2.45) is 0 Å². The summed E-state index contributed by atoms with van der Waals surface area (Å²) in [6.45, 7) is 0. The number of benzene rings is 1. The van der Waals surface area contributed by atoms with Gasteiger partial charge in [-0.05, 0) is 60.8 Å². The Hall–Kier alpha value is -2.84. The van der Waals surface area contributed by atoms with Crippen molar-refractivity contribution in [3.8, 4) is 0 Å².